The second-order valence-electron chi connectivity index (χ2n) is 8.24. The summed E-state index contributed by atoms with van der Waals surface area (Å²) in [6.07, 6.45) is 0.179. The van der Waals surface area contributed by atoms with Gasteiger partial charge in [0.05, 0.1) is 31.2 Å². The summed E-state index contributed by atoms with van der Waals surface area (Å²) < 4.78 is 0. The van der Waals surface area contributed by atoms with Crippen molar-refractivity contribution in [1.29, 1.82) is 0 Å². The van der Waals surface area contributed by atoms with Crippen molar-refractivity contribution in [2.75, 3.05) is 13.1 Å². The molecule has 3 aliphatic heterocycles. The molecule has 0 aromatic heterocycles. The molecule has 4 rings (SSSR count). The van der Waals surface area contributed by atoms with Crippen LogP contribution in [-0.4, -0.2) is 81.3 Å². The van der Waals surface area contributed by atoms with E-state index in [4.69, 9.17) is 5.11 Å². The smallest absolute Gasteiger partial charge is 0.358 e. The van der Waals surface area contributed by atoms with Crippen LogP contribution in [0, 0.1) is 0 Å². The Bertz CT molecular complexity index is 1120. The molecule has 5 amide bonds. The summed E-state index contributed by atoms with van der Waals surface area (Å²) in [5.41, 5.74) is 4.20. The van der Waals surface area contributed by atoms with Gasteiger partial charge >= 0.3 is 12.0 Å². The lowest BCUT2D eigenvalue weighted by Gasteiger charge is -2.42. The van der Waals surface area contributed by atoms with Crippen LogP contribution in [0.3, 0.4) is 0 Å². The van der Waals surface area contributed by atoms with Gasteiger partial charge in [0.15, 0.2) is 0 Å². The van der Waals surface area contributed by atoms with Gasteiger partial charge in [-0.15, -0.1) is 0 Å². The van der Waals surface area contributed by atoms with Gasteiger partial charge in [-0.3, -0.25) is 24.6 Å². The van der Waals surface area contributed by atoms with Crippen LogP contribution in [0.2, 0.25) is 0 Å². The fourth-order valence-corrected chi connectivity index (χ4v) is 4.14. The summed E-state index contributed by atoms with van der Waals surface area (Å²) in [4.78, 5) is 74.0. The number of carbonyl (C=O) groups is 6. The highest BCUT2D eigenvalue weighted by atomic mass is 16.4. The number of urea groups is 1. The minimum atomic E-state index is -1.29. The van der Waals surface area contributed by atoms with E-state index in [1.54, 1.807) is 12.1 Å². The summed E-state index contributed by atoms with van der Waals surface area (Å²) in [5, 5.41) is 22.2. The van der Waals surface area contributed by atoms with Crippen molar-refractivity contribution in [2.45, 2.75) is 44.3 Å². The number of nitrogens with one attached hydrogen (secondary N) is 2. The van der Waals surface area contributed by atoms with E-state index in [0.29, 0.717) is 24.9 Å². The van der Waals surface area contributed by atoms with Crippen LogP contribution in [0.25, 0.3) is 0 Å². The zero-order chi connectivity index (χ0) is 25.1. The SMILES string of the molecule is O=C[C@H](CC(=O)O)NC(=O)[C@@H]1CCCN2C(=O)CCN(NC(=O)c3ccc4c(c3)CN=N4)C(=O)N12. The van der Waals surface area contributed by atoms with Crippen LogP contribution in [0.5, 0.6) is 0 Å². The zero-order valence-corrected chi connectivity index (χ0v) is 18.5. The maximum Gasteiger partial charge on any atom is 0.358 e. The maximum atomic E-state index is 13.4. The van der Waals surface area contributed by atoms with E-state index in [1.165, 1.54) is 6.07 Å². The minimum absolute atomic E-state index is 0.0885. The molecule has 0 saturated carbocycles. The average Bonchev–Trinajstić information content (AvgIpc) is 3.28. The number of nitrogens with zero attached hydrogens (tertiary/aromatic N) is 5. The molecule has 1 aromatic carbocycles. The average molecular weight is 485 g/mol. The summed E-state index contributed by atoms with van der Waals surface area (Å²) in [5.74, 6) is -3.05. The van der Waals surface area contributed by atoms with E-state index in [2.05, 4.69) is 21.0 Å². The summed E-state index contributed by atoms with van der Waals surface area (Å²) in [7, 11) is 0. The molecule has 14 heteroatoms. The highest BCUT2D eigenvalue weighted by Gasteiger charge is 2.44. The molecule has 1 aromatic rings. The number of carboxylic acid groups (broad SMARTS) is 1. The number of rotatable bonds is 7. The van der Waals surface area contributed by atoms with Crippen molar-refractivity contribution in [3.05, 3.63) is 29.3 Å². The largest absolute Gasteiger partial charge is 0.481 e. The Morgan fingerprint density at radius 1 is 1.23 bits per heavy atom. The Labute approximate surface area is 198 Å². The number of aldehydes is 1. The minimum Gasteiger partial charge on any atom is -0.481 e. The Balaban J connectivity index is 1.52. The quantitative estimate of drug-likeness (QED) is 0.458. The summed E-state index contributed by atoms with van der Waals surface area (Å²) in [6.45, 7) is 0.424. The van der Waals surface area contributed by atoms with Crippen LogP contribution in [-0.2, 0) is 25.7 Å². The van der Waals surface area contributed by atoms with Gasteiger partial charge in [-0.1, -0.05) is 0 Å². The van der Waals surface area contributed by atoms with Crippen LogP contribution in [0.4, 0.5) is 10.5 Å². The van der Waals surface area contributed by atoms with Crippen LogP contribution in [0.15, 0.2) is 28.4 Å². The molecule has 14 nitrogen and oxygen atoms in total. The molecular formula is C21H23N7O7. The van der Waals surface area contributed by atoms with Gasteiger partial charge in [0.25, 0.3) is 5.91 Å². The number of aliphatic carboxylic acids is 1. The molecule has 0 spiro atoms. The molecule has 3 N–H and O–H groups in total. The van der Waals surface area contributed by atoms with Gasteiger partial charge in [-0.2, -0.15) is 10.2 Å². The van der Waals surface area contributed by atoms with Crippen molar-refractivity contribution < 1.29 is 33.9 Å². The Kier molecular flexibility index (Phi) is 6.71. The molecule has 184 valence electrons. The molecule has 0 bridgehead atoms. The van der Waals surface area contributed by atoms with Crippen molar-refractivity contribution in [3.63, 3.8) is 0 Å². The number of fused-ring (bicyclic) bond motifs is 2. The third-order valence-corrected chi connectivity index (χ3v) is 5.85. The predicted octanol–water partition coefficient (Wildman–Crippen LogP) is 0.121. The van der Waals surface area contributed by atoms with Crippen molar-refractivity contribution in [3.8, 4) is 0 Å². The highest BCUT2D eigenvalue weighted by Crippen LogP contribution is 2.28. The van der Waals surface area contributed by atoms with E-state index < -0.39 is 48.2 Å². The van der Waals surface area contributed by atoms with Crippen LogP contribution in [0.1, 0.15) is 41.6 Å². The van der Waals surface area contributed by atoms with Gasteiger partial charge in [-0.05, 0) is 31.0 Å². The molecule has 0 unspecified atom stereocenters. The Morgan fingerprint density at radius 3 is 2.77 bits per heavy atom. The predicted molar refractivity (Wildman–Crippen MR) is 116 cm³/mol. The Morgan fingerprint density at radius 2 is 2.03 bits per heavy atom. The lowest BCUT2D eigenvalue weighted by molar-refractivity contribution is -0.155. The zero-order valence-electron chi connectivity index (χ0n) is 18.5. The number of carboxylic acids is 1. The maximum absolute atomic E-state index is 13.4. The van der Waals surface area contributed by atoms with Gasteiger partial charge in [-0.25, -0.2) is 19.8 Å². The monoisotopic (exact) mass is 485 g/mol. The third kappa shape index (κ3) is 4.95. The van der Waals surface area contributed by atoms with Crippen LogP contribution >= 0.6 is 0 Å². The van der Waals surface area contributed by atoms with Gasteiger partial charge in [0.2, 0.25) is 11.8 Å². The normalized spacial score (nSPS) is 20.0. The number of azo groups is 1. The van der Waals surface area contributed by atoms with E-state index >= 15 is 0 Å². The number of carbonyl (C=O) groups excluding carboxylic acids is 5. The third-order valence-electron chi connectivity index (χ3n) is 5.85. The second-order valence-corrected chi connectivity index (χ2v) is 8.24. The Hall–Kier alpha value is -4.36. The number of hydrazine groups is 2. The first-order chi connectivity index (χ1) is 16.8. The van der Waals surface area contributed by atoms with Crippen LogP contribution < -0.4 is 10.7 Å². The van der Waals surface area contributed by atoms with E-state index in [0.717, 1.165) is 20.6 Å². The first-order valence-corrected chi connectivity index (χ1v) is 11.0. The van der Waals surface area contributed by atoms with Crippen molar-refractivity contribution in [2.24, 2.45) is 10.2 Å². The van der Waals surface area contributed by atoms with Crippen molar-refractivity contribution >= 4 is 41.7 Å². The van der Waals surface area contributed by atoms with Gasteiger partial charge < -0.3 is 15.2 Å². The number of amides is 5. The molecule has 0 radical (unpaired) electrons. The molecule has 2 saturated heterocycles. The lowest BCUT2D eigenvalue weighted by atomic mass is 10.1. The highest BCUT2D eigenvalue weighted by molar-refractivity contribution is 5.97. The fraction of sp³-hybridized carbons (Fsp3) is 0.429. The molecule has 3 heterocycles. The number of benzene rings is 1. The lowest BCUT2D eigenvalue weighted by Crippen LogP contribution is -2.64. The second kappa shape index (κ2) is 9.87. The number of hydrogen-bond donors (Lipinski definition) is 3. The first-order valence-electron chi connectivity index (χ1n) is 11.0. The van der Waals surface area contributed by atoms with Crippen molar-refractivity contribution in [1.82, 2.24) is 25.8 Å². The first kappa shape index (κ1) is 23.8. The van der Waals surface area contributed by atoms with E-state index in [-0.39, 0.29) is 31.5 Å². The fourth-order valence-electron chi connectivity index (χ4n) is 4.14. The molecule has 2 atom stereocenters. The van der Waals surface area contributed by atoms with Gasteiger partial charge in [0, 0.05) is 24.1 Å². The number of hydrogen-bond acceptors (Lipinski definition) is 8. The molecular weight excluding hydrogens is 462 g/mol. The summed E-state index contributed by atoms with van der Waals surface area (Å²) >= 11 is 0. The molecule has 2 fully saturated rings. The molecule has 3 aliphatic rings. The molecule has 0 aliphatic carbocycles. The summed E-state index contributed by atoms with van der Waals surface area (Å²) in [6, 6.07) is 1.54. The topological polar surface area (TPSA) is 181 Å². The standard InChI is InChI=1S/C21H23N7O7/c29-11-14(9-18(31)32)23-20(34)16-2-1-6-27-17(30)5-7-26(21(35)28(16)27)25-19(33)12-3-4-15-13(8-12)10-22-24-15/h3-4,8,11,14,16H,1-2,5-7,9-10H2,(H,23,34)(H,25,33)(H,31,32)/t14-,16-/m0/s1. The van der Waals surface area contributed by atoms with Gasteiger partial charge in [0.1, 0.15) is 12.3 Å². The van der Waals surface area contributed by atoms with E-state index in [9.17, 15) is 28.8 Å². The van der Waals surface area contributed by atoms with E-state index in [1.807, 2.05) is 0 Å². The molecule has 35 heavy (non-hydrogen) atoms.